The van der Waals surface area contributed by atoms with E-state index in [1.54, 1.807) is 53.8 Å². The zero-order valence-corrected chi connectivity index (χ0v) is 24.5. The zero-order chi connectivity index (χ0) is 30.7. The molecule has 2 aromatic heterocycles. The number of benzene rings is 1. The van der Waals surface area contributed by atoms with Crippen LogP contribution in [0.3, 0.4) is 0 Å². The Hall–Kier alpha value is -5.07. The molecule has 0 bridgehead atoms. The number of aliphatic imine (C=N–C) groups is 1. The van der Waals surface area contributed by atoms with Crippen LogP contribution in [-0.2, 0) is 23.6 Å². The van der Waals surface area contributed by atoms with Crippen LogP contribution >= 0.6 is 0 Å². The molecule has 0 aliphatic carbocycles. The molecule has 4 heterocycles. The molecule has 5 rings (SSSR count). The van der Waals surface area contributed by atoms with Gasteiger partial charge < -0.3 is 38.9 Å². The van der Waals surface area contributed by atoms with Gasteiger partial charge in [-0.1, -0.05) is 0 Å². The Morgan fingerprint density at radius 3 is 2.44 bits per heavy atom. The molecule has 1 unspecified atom stereocenters. The average molecular weight is 591 g/mol. The SMILES string of the molecule is COC(=O)c1cc(NC(=O)c2cc(NC(=O)CCCOc3cc4c(cc3OC)C(=O)N3CCCC3C=N4)cn2C)cn1C. The number of aryl methyl sites for hydroxylation is 2. The molecular formula is C30H34N6O7. The molecule has 0 saturated carbocycles. The summed E-state index contributed by atoms with van der Waals surface area (Å²) in [6, 6.07) is 6.47. The van der Waals surface area contributed by atoms with E-state index < -0.39 is 11.9 Å². The molecule has 0 radical (unpaired) electrons. The Labute approximate surface area is 248 Å². The molecule has 1 atom stereocenters. The van der Waals surface area contributed by atoms with Crippen LogP contribution in [-0.4, -0.2) is 77.4 Å². The predicted molar refractivity (Wildman–Crippen MR) is 159 cm³/mol. The Morgan fingerprint density at radius 2 is 1.70 bits per heavy atom. The van der Waals surface area contributed by atoms with Crippen molar-refractivity contribution in [2.75, 3.05) is 38.0 Å². The summed E-state index contributed by atoms with van der Waals surface area (Å²) in [4.78, 5) is 56.7. The zero-order valence-electron chi connectivity index (χ0n) is 24.5. The number of ether oxygens (including phenoxy) is 3. The van der Waals surface area contributed by atoms with Crippen LogP contribution in [0.2, 0.25) is 0 Å². The molecule has 1 saturated heterocycles. The molecule has 13 nitrogen and oxygen atoms in total. The number of amides is 3. The second kappa shape index (κ2) is 12.4. The molecule has 2 aliphatic rings. The molecule has 3 amide bonds. The van der Waals surface area contributed by atoms with Crippen LogP contribution in [0.15, 0.2) is 41.7 Å². The van der Waals surface area contributed by atoms with Crippen LogP contribution < -0.4 is 20.1 Å². The lowest BCUT2D eigenvalue weighted by Gasteiger charge is -2.20. The number of aromatic nitrogens is 2. The van der Waals surface area contributed by atoms with Crippen molar-refractivity contribution in [3.63, 3.8) is 0 Å². The highest BCUT2D eigenvalue weighted by Gasteiger charge is 2.32. The summed E-state index contributed by atoms with van der Waals surface area (Å²) in [6.07, 6.45) is 7.52. The third-order valence-corrected chi connectivity index (χ3v) is 7.44. The van der Waals surface area contributed by atoms with Gasteiger partial charge in [0.25, 0.3) is 11.8 Å². The molecule has 43 heavy (non-hydrogen) atoms. The van der Waals surface area contributed by atoms with E-state index in [4.69, 9.17) is 14.2 Å². The summed E-state index contributed by atoms with van der Waals surface area (Å²) in [5.74, 6) is -0.344. The number of nitrogens with zero attached hydrogens (tertiary/aromatic N) is 4. The van der Waals surface area contributed by atoms with Crippen molar-refractivity contribution in [1.82, 2.24) is 14.0 Å². The second-order valence-corrected chi connectivity index (χ2v) is 10.4. The smallest absolute Gasteiger partial charge is 0.354 e. The average Bonchev–Trinajstić information content (AvgIpc) is 3.69. The monoisotopic (exact) mass is 590 g/mol. The minimum absolute atomic E-state index is 0.00829. The summed E-state index contributed by atoms with van der Waals surface area (Å²) >= 11 is 0. The number of carbonyl (C=O) groups is 4. The van der Waals surface area contributed by atoms with E-state index in [2.05, 4.69) is 15.6 Å². The van der Waals surface area contributed by atoms with E-state index in [1.807, 2.05) is 11.1 Å². The third-order valence-electron chi connectivity index (χ3n) is 7.44. The van der Waals surface area contributed by atoms with E-state index in [0.29, 0.717) is 58.5 Å². The topological polar surface area (TPSA) is 145 Å². The number of rotatable bonds is 10. The molecule has 1 fully saturated rings. The lowest BCUT2D eigenvalue weighted by Crippen LogP contribution is -2.35. The lowest BCUT2D eigenvalue weighted by atomic mass is 10.1. The lowest BCUT2D eigenvalue weighted by molar-refractivity contribution is -0.116. The molecule has 13 heteroatoms. The van der Waals surface area contributed by atoms with Crippen molar-refractivity contribution in [3.8, 4) is 11.5 Å². The summed E-state index contributed by atoms with van der Waals surface area (Å²) < 4.78 is 19.3. The highest BCUT2D eigenvalue weighted by atomic mass is 16.5. The van der Waals surface area contributed by atoms with E-state index in [9.17, 15) is 19.2 Å². The van der Waals surface area contributed by atoms with Crippen molar-refractivity contribution in [3.05, 3.63) is 53.6 Å². The first kappa shape index (κ1) is 29.4. The van der Waals surface area contributed by atoms with Gasteiger partial charge >= 0.3 is 5.97 Å². The summed E-state index contributed by atoms with van der Waals surface area (Å²) in [5.41, 5.74) is 2.54. The molecule has 2 aliphatic heterocycles. The predicted octanol–water partition coefficient (Wildman–Crippen LogP) is 3.53. The minimum Gasteiger partial charge on any atom is -0.493 e. The first-order valence-corrected chi connectivity index (χ1v) is 13.9. The number of carbonyl (C=O) groups excluding carboxylic acids is 4. The molecule has 0 spiro atoms. The maximum Gasteiger partial charge on any atom is 0.354 e. The first-order valence-electron chi connectivity index (χ1n) is 13.9. The number of nitrogens with one attached hydrogen (secondary N) is 2. The molecule has 3 aromatic rings. The van der Waals surface area contributed by atoms with E-state index >= 15 is 0 Å². The number of methoxy groups -OCH3 is 2. The summed E-state index contributed by atoms with van der Waals surface area (Å²) in [7, 11) is 6.17. The van der Waals surface area contributed by atoms with Crippen LogP contribution in [0.4, 0.5) is 17.1 Å². The quantitative estimate of drug-likeness (QED) is 0.271. The minimum atomic E-state index is -0.514. The summed E-state index contributed by atoms with van der Waals surface area (Å²) in [5, 5.41) is 5.55. The maximum atomic E-state index is 13.0. The number of esters is 1. The fourth-order valence-corrected chi connectivity index (χ4v) is 5.25. The summed E-state index contributed by atoms with van der Waals surface area (Å²) in [6.45, 7) is 0.948. The first-order chi connectivity index (χ1) is 20.7. The van der Waals surface area contributed by atoms with Gasteiger partial charge in [-0.25, -0.2) is 4.79 Å². The van der Waals surface area contributed by atoms with Gasteiger partial charge in [0, 0.05) is 51.7 Å². The standard InChI is InChI=1S/C30H34N6O7/c1-34-16-18(11-23(34)28(38)33-19-12-24(30(40)42-4)35(2)17-19)32-27(37)8-6-10-43-26-14-22-21(13-25(26)41-3)29(39)36-9-5-7-20(36)15-31-22/h11-17,20H,5-10H2,1-4H3,(H,32,37)(H,33,38). The molecule has 226 valence electrons. The van der Waals surface area contributed by atoms with Gasteiger partial charge in [0.1, 0.15) is 11.4 Å². The van der Waals surface area contributed by atoms with Crippen LogP contribution in [0, 0.1) is 0 Å². The van der Waals surface area contributed by atoms with Crippen molar-refractivity contribution < 1.29 is 33.4 Å². The van der Waals surface area contributed by atoms with E-state index in [-0.39, 0.29) is 30.9 Å². The maximum absolute atomic E-state index is 13.0. The number of fused-ring (bicyclic) bond motifs is 2. The molecule has 1 aromatic carbocycles. The highest BCUT2D eigenvalue weighted by Crippen LogP contribution is 2.38. The molecule has 2 N–H and O–H groups in total. The largest absolute Gasteiger partial charge is 0.493 e. The Kier molecular flexibility index (Phi) is 8.51. The van der Waals surface area contributed by atoms with Crippen molar-refractivity contribution in [1.29, 1.82) is 0 Å². The van der Waals surface area contributed by atoms with Crippen LogP contribution in [0.1, 0.15) is 57.0 Å². The van der Waals surface area contributed by atoms with Crippen LogP contribution in [0.25, 0.3) is 0 Å². The Balaban J connectivity index is 1.14. The van der Waals surface area contributed by atoms with E-state index in [0.717, 1.165) is 12.8 Å². The van der Waals surface area contributed by atoms with Gasteiger partial charge in [0.05, 0.1) is 49.5 Å². The van der Waals surface area contributed by atoms with Gasteiger partial charge in [-0.3, -0.25) is 19.4 Å². The van der Waals surface area contributed by atoms with Crippen molar-refractivity contribution in [2.45, 2.75) is 31.7 Å². The number of anilines is 2. The van der Waals surface area contributed by atoms with Gasteiger partial charge in [0.15, 0.2) is 11.5 Å². The van der Waals surface area contributed by atoms with Crippen LogP contribution in [0.5, 0.6) is 11.5 Å². The Morgan fingerprint density at radius 1 is 0.977 bits per heavy atom. The highest BCUT2D eigenvalue weighted by molar-refractivity contribution is 6.05. The Bertz CT molecular complexity index is 1600. The third kappa shape index (κ3) is 6.25. The van der Waals surface area contributed by atoms with Gasteiger partial charge in [0.2, 0.25) is 5.91 Å². The fourth-order valence-electron chi connectivity index (χ4n) is 5.25. The van der Waals surface area contributed by atoms with E-state index in [1.165, 1.54) is 20.3 Å². The van der Waals surface area contributed by atoms with Gasteiger partial charge in [-0.2, -0.15) is 0 Å². The van der Waals surface area contributed by atoms with Gasteiger partial charge in [-0.05, 0) is 37.5 Å². The fraction of sp³-hybridized carbons (Fsp3) is 0.367. The molecular weight excluding hydrogens is 556 g/mol. The second-order valence-electron chi connectivity index (χ2n) is 10.4. The number of hydrogen-bond acceptors (Lipinski definition) is 8. The normalized spacial score (nSPS) is 15.4. The van der Waals surface area contributed by atoms with Crippen molar-refractivity contribution in [2.24, 2.45) is 19.1 Å². The van der Waals surface area contributed by atoms with Gasteiger partial charge in [-0.15, -0.1) is 0 Å². The number of hydrogen-bond donors (Lipinski definition) is 2. The van der Waals surface area contributed by atoms with Crippen molar-refractivity contribution >= 4 is 47.0 Å².